The Labute approximate surface area is 174 Å². The summed E-state index contributed by atoms with van der Waals surface area (Å²) in [6.45, 7) is 12.9. The summed E-state index contributed by atoms with van der Waals surface area (Å²) < 4.78 is 7.12. The van der Waals surface area contributed by atoms with E-state index in [1.165, 1.54) is 6.08 Å². The number of carbonyl (C=O) groups excluding carboxylic acids is 1. The molecule has 1 aliphatic rings. The number of nitrogens with one attached hydrogen (secondary N) is 1. The summed E-state index contributed by atoms with van der Waals surface area (Å²) in [6, 6.07) is 2.18. The standard InChI is InChI=1S/C23H37N3O3/c1-6-18-15-20(23(28)26(17(3)4)19-11-10-12-24-16-19)25(13-8-9-14-29-5)22(18)21(27)7-2/h6-7,15,17,19,24,27H,2,8-14,16H2,1,3-5H3/b18-6-,22-21-/t19-/m1/s1. The lowest BCUT2D eigenvalue weighted by atomic mass is 10.0. The molecule has 0 aromatic carbocycles. The second kappa shape index (κ2) is 11.2. The minimum atomic E-state index is 0.0200. The molecule has 162 valence electrons. The van der Waals surface area contributed by atoms with Crippen LogP contribution in [0.2, 0.25) is 0 Å². The van der Waals surface area contributed by atoms with Gasteiger partial charge in [-0.15, -0.1) is 0 Å². The molecule has 0 spiro atoms. The highest BCUT2D eigenvalue weighted by Crippen LogP contribution is 2.17. The van der Waals surface area contributed by atoms with Crippen LogP contribution in [0.15, 0.2) is 18.7 Å². The van der Waals surface area contributed by atoms with Crippen molar-refractivity contribution in [1.82, 2.24) is 14.8 Å². The van der Waals surface area contributed by atoms with Crippen molar-refractivity contribution in [2.24, 2.45) is 0 Å². The number of piperidine rings is 1. The first kappa shape index (κ1) is 23.2. The van der Waals surface area contributed by atoms with E-state index >= 15 is 0 Å². The summed E-state index contributed by atoms with van der Waals surface area (Å²) in [6.07, 6.45) is 7.20. The van der Waals surface area contributed by atoms with Crippen molar-refractivity contribution in [3.63, 3.8) is 0 Å². The van der Waals surface area contributed by atoms with Gasteiger partial charge in [0.2, 0.25) is 0 Å². The number of aliphatic hydroxyl groups is 1. The number of aromatic nitrogens is 1. The number of carbonyl (C=O) groups is 1. The van der Waals surface area contributed by atoms with Crippen LogP contribution in [0.3, 0.4) is 0 Å². The lowest BCUT2D eigenvalue weighted by Crippen LogP contribution is -2.52. The number of hydrogen-bond acceptors (Lipinski definition) is 4. The Morgan fingerprint density at radius 3 is 2.79 bits per heavy atom. The maximum Gasteiger partial charge on any atom is 0.271 e. The molecular weight excluding hydrogens is 366 g/mol. The molecule has 2 heterocycles. The third-order valence-electron chi connectivity index (χ3n) is 5.53. The molecule has 1 amide bonds. The third kappa shape index (κ3) is 5.52. The molecule has 0 saturated carbocycles. The molecule has 1 fully saturated rings. The summed E-state index contributed by atoms with van der Waals surface area (Å²) >= 11 is 0. The summed E-state index contributed by atoms with van der Waals surface area (Å²) in [7, 11) is 1.69. The number of rotatable bonds is 9. The minimum absolute atomic E-state index is 0.0200. The molecule has 1 aliphatic heterocycles. The molecule has 2 N–H and O–H groups in total. The number of hydrogen-bond donors (Lipinski definition) is 2. The van der Waals surface area contributed by atoms with Crippen LogP contribution in [0.25, 0.3) is 11.8 Å². The fourth-order valence-corrected chi connectivity index (χ4v) is 4.12. The molecule has 1 saturated heterocycles. The van der Waals surface area contributed by atoms with Crippen LogP contribution in [0.5, 0.6) is 0 Å². The fraction of sp³-hybridized carbons (Fsp3) is 0.609. The summed E-state index contributed by atoms with van der Waals surface area (Å²) in [4.78, 5) is 15.7. The number of amides is 1. The molecule has 29 heavy (non-hydrogen) atoms. The lowest BCUT2D eigenvalue weighted by Gasteiger charge is -2.37. The van der Waals surface area contributed by atoms with E-state index in [0.717, 1.165) is 44.0 Å². The van der Waals surface area contributed by atoms with Gasteiger partial charge in [-0.25, -0.2) is 0 Å². The zero-order chi connectivity index (χ0) is 21.4. The second-order valence-electron chi connectivity index (χ2n) is 7.87. The lowest BCUT2D eigenvalue weighted by molar-refractivity contribution is 0.0561. The molecule has 0 aliphatic carbocycles. The van der Waals surface area contributed by atoms with Gasteiger partial charge in [0.1, 0.15) is 11.5 Å². The molecule has 2 rings (SSSR count). The fourth-order valence-electron chi connectivity index (χ4n) is 4.12. The van der Waals surface area contributed by atoms with E-state index in [1.807, 2.05) is 28.5 Å². The Morgan fingerprint density at radius 2 is 2.24 bits per heavy atom. The maximum atomic E-state index is 13.7. The van der Waals surface area contributed by atoms with Crippen molar-refractivity contribution in [2.45, 2.75) is 65.1 Å². The van der Waals surface area contributed by atoms with Gasteiger partial charge in [-0.1, -0.05) is 12.7 Å². The molecule has 1 aromatic heterocycles. The van der Waals surface area contributed by atoms with Gasteiger partial charge >= 0.3 is 0 Å². The third-order valence-corrected chi connectivity index (χ3v) is 5.53. The predicted octanol–water partition coefficient (Wildman–Crippen LogP) is 2.17. The second-order valence-corrected chi connectivity index (χ2v) is 7.87. The maximum absolute atomic E-state index is 13.7. The predicted molar refractivity (Wildman–Crippen MR) is 118 cm³/mol. The van der Waals surface area contributed by atoms with Crippen molar-refractivity contribution >= 4 is 17.7 Å². The van der Waals surface area contributed by atoms with Gasteiger partial charge in [0, 0.05) is 38.9 Å². The van der Waals surface area contributed by atoms with E-state index in [2.05, 4.69) is 25.7 Å². The van der Waals surface area contributed by atoms with Crippen LogP contribution in [-0.2, 0) is 11.3 Å². The normalized spacial score (nSPS) is 18.8. The van der Waals surface area contributed by atoms with Gasteiger partial charge in [-0.05, 0) is 70.4 Å². The van der Waals surface area contributed by atoms with Crippen LogP contribution in [0.1, 0.15) is 56.9 Å². The van der Waals surface area contributed by atoms with Crippen LogP contribution in [0, 0.1) is 0 Å². The average Bonchev–Trinajstić information content (AvgIpc) is 3.09. The van der Waals surface area contributed by atoms with Crippen molar-refractivity contribution in [3.05, 3.63) is 35.0 Å². The van der Waals surface area contributed by atoms with E-state index in [9.17, 15) is 9.90 Å². The number of ether oxygens (including phenoxy) is 1. The van der Waals surface area contributed by atoms with E-state index < -0.39 is 0 Å². The van der Waals surface area contributed by atoms with Gasteiger partial charge in [-0.2, -0.15) is 0 Å². The molecule has 0 bridgehead atoms. The summed E-state index contributed by atoms with van der Waals surface area (Å²) in [5.41, 5.74) is 0.623. The molecule has 0 unspecified atom stereocenters. The van der Waals surface area contributed by atoms with Crippen molar-refractivity contribution in [3.8, 4) is 0 Å². The van der Waals surface area contributed by atoms with Crippen molar-refractivity contribution in [1.29, 1.82) is 0 Å². The Bertz CT molecular complexity index is 804. The first-order valence-electron chi connectivity index (χ1n) is 10.7. The van der Waals surface area contributed by atoms with Gasteiger partial charge in [-0.3, -0.25) is 4.79 Å². The van der Waals surface area contributed by atoms with E-state index in [1.54, 1.807) is 7.11 Å². The largest absolute Gasteiger partial charge is 0.506 e. The van der Waals surface area contributed by atoms with Gasteiger partial charge in [0.25, 0.3) is 5.91 Å². The summed E-state index contributed by atoms with van der Waals surface area (Å²) in [5.74, 6) is 0.117. The summed E-state index contributed by atoms with van der Waals surface area (Å²) in [5, 5.41) is 15.4. The van der Waals surface area contributed by atoms with Crippen LogP contribution in [-0.4, -0.2) is 59.4 Å². The van der Waals surface area contributed by atoms with Crippen LogP contribution >= 0.6 is 0 Å². The Hall–Kier alpha value is -2.05. The Balaban J connectivity index is 2.52. The first-order chi connectivity index (χ1) is 14.0. The van der Waals surface area contributed by atoms with Gasteiger partial charge in [0.15, 0.2) is 0 Å². The number of aliphatic hydroxyl groups excluding tert-OH is 1. The molecular formula is C23H37N3O3. The Morgan fingerprint density at radius 1 is 1.48 bits per heavy atom. The van der Waals surface area contributed by atoms with Crippen LogP contribution < -0.4 is 15.9 Å². The highest BCUT2D eigenvalue weighted by atomic mass is 16.5. The zero-order valence-electron chi connectivity index (χ0n) is 18.4. The smallest absolute Gasteiger partial charge is 0.271 e. The molecule has 6 heteroatoms. The monoisotopic (exact) mass is 403 g/mol. The quantitative estimate of drug-likeness (QED) is 0.620. The zero-order valence-corrected chi connectivity index (χ0v) is 18.4. The molecule has 1 aromatic rings. The Kier molecular flexibility index (Phi) is 8.99. The number of unbranched alkanes of at least 4 members (excludes halogenated alkanes) is 1. The van der Waals surface area contributed by atoms with Crippen molar-refractivity contribution < 1.29 is 14.6 Å². The van der Waals surface area contributed by atoms with E-state index in [4.69, 9.17) is 4.74 Å². The average molecular weight is 404 g/mol. The number of methoxy groups -OCH3 is 1. The van der Waals surface area contributed by atoms with E-state index in [0.29, 0.717) is 24.2 Å². The van der Waals surface area contributed by atoms with Gasteiger partial charge < -0.3 is 24.6 Å². The molecule has 0 radical (unpaired) electrons. The van der Waals surface area contributed by atoms with Gasteiger partial charge in [0.05, 0.1) is 5.35 Å². The van der Waals surface area contributed by atoms with E-state index in [-0.39, 0.29) is 23.8 Å². The minimum Gasteiger partial charge on any atom is -0.506 e. The topological polar surface area (TPSA) is 66.7 Å². The molecule has 6 nitrogen and oxygen atoms in total. The SMILES string of the molecule is C=C/C(O)=c1\c(=C/C)cc(C(=O)N(C(C)C)[C@@H]2CCCNC2)n1CCCCOC. The first-order valence-corrected chi connectivity index (χ1v) is 10.7. The molecule has 1 atom stereocenters. The highest BCUT2D eigenvalue weighted by Gasteiger charge is 2.30. The van der Waals surface area contributed by atoms with Crippen LogP contribution in [0.4, 0.5) is 0 Å². The number of nitrogens with zero attached hydrogens (tertiary/aromatic N) is 2. The highest BCUT2D eigenvalue weighted by molar-refractivity contribution is 5.93. The van der Waals surface area contributed by atoms with Crippen molar-refractivity contribution in [2.75, 3.05) is 26.8 Å².